The second-order valence-corrected chi connectivity index (χ2v) is 10.9. The number of benzene rings is 3. The zero-order valence-electron chi connectivity index (χ0n) is 23.4. The fourth-order valence-corrected chi connectivity index (χ4v) is 5.26. The van der Waals surface area contributed by atoms with Crippen LogP contribution in [0.25, 0.3) is 6.08 Å². The first-order valence-corrected chi connectivity index (χ1v) is 14.0. The molecular formula is C31H30ClNO7S. The van der Waals surface area contributed by atoms with E-state index >= 15 is 0 Å². The largest absolute Gasteiger partial charge is 0.497 e. The molecular weight excluding hydrogens is 566 g/mol. The molecule has 214 valence electrons. The lowest BCUT2D eigenvalue weighted by atomic mass is 10.0. The molecule has 1 fully saturated rings. The van der Waals surface area contributed by atoms with Crippen molar-refractivity contribution in [1.29, 1.82) is 0 Å². The number of halogens is 1. The molecule has 0 saturated carbocycles. The van der Waals surface area contributed by atoms with Gasteiger partial charge in [0.25, 0.3) is 11.1 Å². The summed E-state index contributed by atoms with van der Waals surface area (Å²) in [6, 6.07) is 15.5. The first-order valence-electron chi connectivity index (χ1n) is 12.8. The number of thioether (sulfide) groups is 1. The van der Waals surface area contributed by atoms with Gasteiger partial charge in [0, 0.05) is 0 Å². The summed E-state index contributed by atoms with van der Waals surface area (Å²) in [5.41, 5.74) is 2.93. The predicted octanol–water partition coefficient (Wildman–Crippen LogP) is 7.12. The highest BCUT2D eigenvalue weighted by atomic mass is 35.5. The van der Waals surface area contributed by atoms with Gasteiger partial charge >= 0.3 is 5.97 Å². The molecule has 4 rings (SSSR count). The summed E-state index contributed by atoms with van der Waals surface area (Å²) in [6.07, 6.45) is 1.55. The van der Waals surface area contributed by atoms with Crippen molar-refractivity contribution >= 4 is 46.6 Å². The van der Waals surface area contributed by atoms with Crippen LogP contribution in [0.3, 0.4) is 0 Å². The van der Waals surface area contributed by atoms with E-state index in [0.717, 1.165) is 33.5 Å². The predicted molar refractivity (Wildman–Crippen MR) is 159 cm³/mol. The molecule has 0 aromatic heterocycles. The smallest absolute Gasteiger partial charge is 0.343 e. The number of ether oxygens (including phenoxy) is 4. The number of hydrogen-bond acceptors (Lipinski definition) is 8. The molecule has 0 radical (unpaired) electrons. The van der Waals surface area contributed by atoms with E-state index in [1.165, 1.54) is 20.3 Å². The van der Waals surface area contributed by atoms with Crippen LogP contribution in [0.4, 0.5) is 4.79 Å². The molecule has 2 amide bonds. The highest BCUT2D eigenvalue weighted by Gasteiger charge is 2.35. The minimum atomic E-state index is -0.630. The molecule has 1 saturated heterocycles. The van der Waals surface area contributed by atoms with E-state index in [0.29, 0.717) is 16.9 Å². The van der Waals surface area contributed by atoms with Crippen LogP contribution in [0.1, 0.15) is 46.8 Å². The van der Waals surface area contributed by atoms with Gasteiger partial charge in [0.05, 0.1) is 36.3 Å². The summed E-state index contributed by atoms with van der Waals surface area (Å²) in [5, 5.41) is -0.287. The van der Waals surface area contributed by atoms with E-state index in [2.05, 4.69) is 13.8 Å². The molecule has 0 atom stereocenters. The molecule has 8 nitrogen and oxygen atoms in total. The van der Waals surface area contributed by atoms with Gasteiger partial charge in [-0.3, -0.25) is 14.5 Å². The second kappa shape index (κ2) is 13.1. The Morgan fingerprint density at radius 2 is 1.73 bits per heavy atom. The van der Waals surface area contributed by atoms with Crippen molar-refractivity contribution in [3.05, 3.63) is 86.8 Å². The Morgan fingerprint density at radius 3 is 2.39 bits per heavy atom. The Balaban J connectivity index is 1.46. The molecule has 1 aliphatic heterocycles. The molecule has 10 heteroatoms. The van der Waals surface area contributed by atoms with Gasteiger partial charge in [0.15, 0.2) is 11.5 Å². The van der Waals surface area contributed by atoms with Crippen LogP contribution in [0, 0.1) is 6.92 Å². The van der Waals surface area contributed by atoms with Gasteiger partial charge in [-0.1, -0.05) is 37.6 Å². The Morgan fingerprint density at radius 1 is 1.00 bits per heavy atom. The maximum atomic E-state index is 13.1. The minimum absolute atomic E-state index is 0.0364. The van der Waals surface area contributed by atoms with Gasteiger partial charge in [-0.25, -0.2) is 4.79 Å². The Bertz CT molecular complexity index is 1500. The van der Waals surface area contributed by atoms with Crippen molar-refractivity contribution in [2.45, 2.75) is 26.7 Å². The average Bonchev–Trinajstić information content (AvgIpc) is 3.21. The van der Waals surface area contributed by atoms with E-state index in [9.17, 15) is 14.4 Å². The monoisotopic (exact) mass is 595 g/mol. The van der Waals surface area contributed by atoms with Crippen LogP contribution in [0.5, 0.6) is 23.0 Å². The topological polar surface area (TPSA) is 91.4 Å². The fourth-order valence-electron chi connectivity index (χ4n) is 4.14. The summed E-state index contributed by atoms with van der Waals surface area (Å²) in [6.45, 7) is 6.42. The lowest BCUT2D eigenvalue weighted by Gasteiger charge is -2.17. The number of rotatable bonds is 10. The number of imide groups is 1. The van der Waals surface area contributed by atoms with E-state index in [-0.39, 0.29) is 45.7 Å². The number of aryl methyl sites for hydroxylation is 1. The van der Waals surface area contributed by atoms with Crippen LogP contribution in [-0.4, -0.2) is 49.4 Å². The number of esters is 1. The van der Waals surface area contributed by atoms with Gasteiger partial charge in [0.1, 0.15) is 18.1 Å². The van der Waals surface area contributed by atoms with Crippen molar-refractivity contribution in [3.63, 3.8) is 0 Å². The lowest BCUT2D eigenvalue weighted by Crippen LogP contribution is -2.32. The summed E-state index contributed by atoms with van der Waals surface area (Å²) < 4.78 is 22.0. The second-order valence-electron chi connectivity index (χ2n) is 9.53. The first kappa shape index (κ1) is 30.0. The highest BCUT2D eigenvalue weighted by Crippen LogP contribution is 2.39. The van der Waals surface area contributed by atoms with Crippen molar-refractivity contribution in [3.8, 4) is 23.0 Å². The number of nitrogens with zero attached hydrogens (tertiary/aromatic N) is 1. The molecule has 1 heterocycles. The molecule has 1 aliphatic rings. The third kappa shape index (κ3) is 7.04. The highest BCUT2D eigenvalue weighted by molar-refractivity contribution is 8.18. The Labute approximate surface area is 248 Å². The zero-order chi connectivity index (χ0) is 29.7. The SMILES string of the molecule is COc1ccc(C(=O)Oc2c(Cl)cc(/C=C3\SC(=O)N(CCOc4cc(C)ccc4C(C)C)C3=O)cc2OC)cc1. The van der Waals surface area contributed by atoms with Crippen LogP contribution in [0.15, 0.2) is 59.5 Å². The minimum Gasteiger partial charge on any atom is -0.497 e. The van der Waals surface area contributed by atoms with E-state index < -0.39 is 11.9 Å². The Kier molecular flexibility index (Phi) is 9.62. The maximum absolute atomic E-state index is 13.1. The zero-order valence-corrected chi connectivity index (χ0v) is 24.9. The van der Waals surface area contributed by atoms with Crippen molar-refractivity contribution in [2.75, 3.05) is 27.4 Å². The first-order chi connectivity index (χ1) is 19.6. The molecule has 0 spiro atoms. The quantitative estimate of drug-likeness (QED) is 0.139. The fraction of sp³-hybridized carbons (Fsp3) is 0.258. The number of hydrogen-bond donors (Lipinski definition) is 0. The average molecular weight is 596 g/mol. The number of carbonyl (C=O) groups is 3. The third-order valence-corrected chi connectivity index (χ3v) is 7.50. The summed E-state index contributed by atoms with van der Waals surface area (Å²) in [7, 11) is 2.94. The van der Waals surface area contributed by atoms with Crippen molar-refractivity contribution < 1.29 is 33.3 Å². The summed E-state index contributed by atoms with van der Waals surface area (Å²) in [4.78, 5) is 39.8. The van der Waals surface area contributed by atoms with E-state index in [4.69, 9.17) is 30.5 Å². The number of carbonyl (C=O) groups excluding carboxylic acids is 3. The third-order valence-electron chi connectivity index (χ3n) is 6.31. The van der Waals surface area contributed by atoms with Gasteiger partial charge in [-0.2, -0.15) is 0 Å². The molecule has 3 aromatic carbocycles. The molecule has 0 unspecified atom stereocenters. The molecule has 0 bridgehead atoms. The van der Waals surface area contributed by atoms with Crippen LogP contribution < -0.4 is 18.9 Å². The van der Waals surface area contributed by atoms with Gasteiger partial charge in [-0.05, 0) is 89.8 Å². The summed E-state index contributed by atoms with van der Waals surface area (Å²) >= 11 is 7.28. The van der Waals surface area contributed by atoms with E-state index in [1.807, 2.05) is 25.1 Å². The van der Waals surface area contributed by atoms with Crippen LogP contribution in [0.2, 0.25) is 5.02 Å². The number of methoxy groups -OCH3 is 2. The van der Waals surface area contributed by atoms with Crippen molar-refractivity contribution in [1.82, 2.24) is 4.90 Å². The number of amides is 2. The molecule has 0 aliphatic carbocycles. The van der Waals surface area contributed by atoms with Crippen molar-refractivity contribution in [2.24, 2.45) is 0 Å². The molecule has 3 aromatic rings. The normalized spacial score (nSPS) is 14.1. The summed E-state index contributed by atoms with van der Waals surface area (Å²) in [5.74, 6) is 0.790. The van der Waals surface area contributed by atoms with Gasteiger partial charge in [0.2, 0.25) is 0 Å². The standard InChI is InChI=1S/C31H30ClNO7S/c1-18(2)23-11-6-19(3)14-25(23)39-13-12-33-29(34)27(41-31(33)36)17-20-15-24(32)28(26(16-20)38-5)40-30(35)21-7-9-22(37-4)10-8-21/h6-11,14-18H,12-13H2,1-5H3/b27-17-. The molecule has 41 heavy (non-hydrogen) atoms. The van der Waals surface area contributed by atoms with Gasteiger partial charge < -0.3 is 18.9 Å². The Hall–Kier alpha value is -3.95. The maximum Gasteiger partial charge on any atom is 0.343 e. The molecule has 0 N–H and O–H groups in total. The van der Waals surface area contributed by atoms with Gasteiger partial charge in [-0.15, -0.1) is 0 Å². The van der Waals surface area contributed by atoms with Crippen LogP contribution in [-0.2, 0) is 4.79 Å². The van der Waals surface area contributed by atoms with Crippen LogP contribution >= 0.6 is 23.4 Å². The lowest BCUT2D eigenvalue weighted by molar-refractivity contribution is -0.123. The van der Waals surface area contributed by atoms with E-state index in [1.54, 1.807) is 36.4 Å².